The number of amides is 2. The Labute approximate surface area is 185 Å². The van der Waals surface area contributed by atoms with Crippen molar-refractivity contribution in [1.82, 2.24) is 15.5 Å². The van der Waals surface area contributed by atoms with Crippen LogP contribution >= 0.6 is 12.4 Å². The van der Waals surface area contributed by atoms with Crippen molar-refractivity contribution >= 4 is 24.2 Å². The lowest BCUT2D eigenvalue weighted by molar-refractivity contribution is -0.128. The highest BCUT2D eigenvalue weighted by Gasteiger charge is 2.37. The SMILES string of the molecule is Cc1cc(C2CCNCC2)oc(=O)c1C(=O)N1CCNC(=O)C1c1cccc(F)c1.Cl. The molecular formula is C22H25ClFN3O4. The molecule has 0 bridgehead atoms. The van der Waals surface area contributed by atoms with Gasteiger partial charge in [0.1, 0.15) is 23.2 Å². The lowest BCUT2D eigenvalue weighted by Gasteiger charge is -2.35. The summed E-state index contributed by atoms with van der Waals surface area (Å²) in [5.74, 6) is -0.757. The van der Waals surface area contributed by atoms with Crippen LogP contribution in [-0.4, -0.2) is 42.9 Å². The second-order valence-corrected chi connectivity index (χ2v) is 7.77. The molecule has 3 heterocycles. The molecule has 1 unspecified atom stereocenters. The Morgan fingerprint density at radius 2 is 1.90 bits per heavy atom. The van der Waals surface area contributed by atoms with E-state index in [4.69, 9.17) is 4.42 Å². The topological polar surface area (TPSA) is 91.7 Å². The zero-order chi connectivity index (χ0) is 21.3. The zero-order valence-electron chi connectivity index (χ0n) is 17.2. The summed E-state index contributed by atoms with van der Waals surface area (Å²) in [5.41, 5.74) is 0.101. The highest BCUT2D eigenvalue weighted by Crippen LogP contribution is 2.28. The van der Waals surface area contributed by atoms with Gasteiger partial charge in [-0.3, -0.25) is 9.59 Å². The fourth-order valence-electron chi connectivity index (χ4n) is 4.23. The number of nitrogens with zero attached hydrogens (tertiary/aromatic N) is 1. The van der Waals surface area contributed by atoms with Crippen molar-refractivity contribution in [3.8, 4) is 0 Å². The summed E-state index contributed by atoms with van der Waals surface area (Å²) in [7, 11) is 0. The van der Waals surface area contributed by atoms with E-state index in [9.17, 15) is 18.8 Å². The van der Waals surface area contributed by atoms with Crippen molar-refractivity contribution in [1.29, 1.82) is 0 Å². The van der Waals surface area contributed by atoms with Crippen LogP contribution in [0.3, 0.4) is 0 Å². The van der Waals surface area contributed by atoms with Gasteiger partial charge in [0.05, 0.1) is 0 Å². The Hall–Kier alpha value is -2.71. The molecule has 0 radical (unpaired) electrons. The molecule has 4 rings (SSSR count). The molecule has 2 amide bonds. The van der Waals surface area contributed by atoms with Crippen molar-refractivity contribution in [2.75, 3.05) is 26.2 Å². The molecule has 1 aromatic heterocycles. The number of hydrogen-bond acceptors (Lipinski definition) is 5. The van der Waals surface area contributed by atoms with Crippen LogP contribution in [0.2, 0.25) is 0 Å². The van der Waals surface area contributed by atoms with Gasteiger partial charge in [-0.1, -0.05) is 12.1 Å². The molecule has 0 aliphatic carbocycles. The van der Waals surface area contributed by atoms with Crippen LogP contribution in [0.5, 0.6) is 0 Å². The first-order valence-electron chi connectivity index (χ1n) is 10.1. The van der Waals surface area contributed by atoms with Gasteiger partial charge in [0.15, 0.2) is 0 Å². The number of piperazine rings is 1. The minimum absolute atomic E-state index is 0. The molecule has 31 heavy (non-hydrogen) atoms. The van der Waals surface area contributed by atoms with E-state index in [1.165, 1.54) is 23.1 Å². The molecular weight excluding hydrogens is 425 g/mol. The summed E-state index contributed by atoms with van der Waals surface area (Å²) in [4.78, 5) is 40.0. The van der Waals surface area contributed by atoms with Crippen LogP contribution in [0.4, 0.5) is 4.39 Å². The highest BCUT2D eigenvalue weighted by atomic mass is 35.5. The fraction of sp³-hybridized carbons (Fsp3) is 0.409. The molecule has 2 aromatic rings. The van der Waals surface area contributed by atoms with Gasteiger partial charge in [-0.25, -0.2) is 9.18 Å². The minimum Gasteiger partial charge on any atom is -0.427 e. The summed E-state index contributed by atoms with van der Waals surface area (Å²) in [6.45, 7) is 3.88. The molecule has 7 nitrogen and oxygen atoms in total. The van der Waals surface area contributed by atoms with Gasteiger partial charge in [0, 0.05) is 19.0 Å². The van der Waals surface area contributed by atoms with Gasteiger partial charge < -0.3 is 20.0 Å². The average molecular weight is 450 g/mol. The van der Waals surface area contributed by atoms with E-state index in [-0.39, 0.29) is 37.0 Å². The maximum absolute atomic E-state index is 13.7. The number of rotatable bonds is 3. The molecule has 0 spiro atoms. The molecule has 166 valence electrons. The maximum Gasteiger partial charge on any atom is 0.349 e. The fourth-order valence-corrected chi connectivity index (χ4v) is 4.23. The number of carbonyl (C=O) groups is 2. The number of halogens is 2. The Morgan fingerprint density at radius 3 is 2.58 bits per heavy atom. The normalized spacial score (nSPS) is 19.5. The molecule has 1 atom stereocenters. The third kappa shape index (κ3) is 4.65. The van der Waals surface area contributed by atoms with Gasteiger partial charge >= 0.3 is 5.63 Å². The smallest absolute Gasteiger partial charge is 0.349 e. The zero-order valence-corrected chi connectivity index (χ0v) is 18.0. The van der Waals surface area contributed by atoms with E-state index in [1.54, 1.807) is 19.1 Å². The predicted molar refractivity (Wildman–Crippen MR) is 115 cm³/mol. The summed E-state index contributed by atoms with van der Waals surface area (Å²) in [6, 6.07) is 6.33. The molecule has 2 fully saturated rings. The van der Waals surface area contributed by atoms with Crippen LogP contribution in [-0.2, 0) is 4.79 Å². The first-order chi connectivity index (χ1) is 14.5. The summed E-state index contributed by atoms with van der Waals surface area (Å²) < 4.78 is 19.3. The van der Waals surface area contributed by atoms with Crippen molar-refractivity contribution in [3.05, 3.63) is 69.0 Å². The second-order valence-electron chi connectivity index (χ2n) is 7.77. The quantitative estimate of drug-likeness (QED) is 0.750. The lowest BCUT2D eigenvalue weighted by Crippen LogP contribution is -2.53. The molecule has 2 N–H and O–H groups in total. The summed E-state index contributed by atoms with van der Waals surface area (Å²) >= 11 is 0. The van der Waals surface area contributed by atoms with Crippen LogP contribution < -0.4 is 16.3 Å². The minimum atomic E-state index is -1.01. The largest absolute Gasteiger partial charge is 0.427 e. The average Bonchev–Trinajstić information content (AvgIpc) is 2.73. The summed E-state index contributed by atoms with van der Waals surface area (Å²) in [5, 5.41) is 5.97. The molecule has 2 aliphatic rings. The van der Waals surface area contributed by atoms with Gasteiger partial charge in [-0.15, -0.1) is 12.4 Å². The number of piperidine rings is 1. The Bertz CT molecular complexity index is 1040. The van der Waals surface area contributed by atoms with Gasteiger partial charge in [0.2, 0.25) is 5.91 Å². The Morgan fingerprint density at radius 1 is 1.16 bits per heavy atom. The van der Waals surface area contributed by atoms with E-state index in [0.29, 0.717) is 16.9 Å². The van der Waals surface area contributed by atoms with Crippen LogP contribution in [0.15, 0.2) is 39.5 Å². The molecule has 1 aromatic carbocycles. The number of carbonyl (C=O) groups excluding carboxylic acids is 2. The molecule has 2 aliphatic heterocycles. The lowest BCUT2D eigenvalue weighted by atomic mass is 9.93. The van der Waals surface area contributed by atoms with Crippen molar-refractivity contribution in [2.45, 2.75) is 31.7 Å². The van der Waals surface area contributed by atoms with E-state index in [1.807, 2.05) is 0 Å². The van der Waals surface area contributed by atoms with Crippen LogP contribution in [0.25, 0.3) is 0 Å². The first kappa shape index (κ1) is 23.0. The first-order valence-corrected chi connectivity index (χ1v) is 10.1. The monoisotopic (exact) mass is 449 g/mol. The number of benzene rings is 1. The van der Waals surface area contributed by atoms with Crippen LogP contribution in [0, 0.1) is 12.7 Å². The van der Waals surface area contributed by atoms with E-state index < -0.39 is 29.3 Å². The van der Waals surface area contributed by atoms with Gasteiger partial charge in [-0.05, 0) is 62.2 Å². The van der Waals surface area contributed by atoms with Crippen molar-refractivity contribution in [3.63, 3.8) is 0 Å². The predicted octanol–water partition coefficient (Wildman–Crippen LogP) is 2.29. The second kappa shape index (κ2) is 9.62. The molecule has 2 saturated heterocycles. The number of nitrogens with one attached hydrogen (secondary N) is 2. The Balaban J connectivity index is 0.00000272. The summed E-state index contributed by atoms with van der Waals surface area (Å²) in [6.07, 6.45) is 1.73. The molecule has 9 heteroatoms. The number of aryl methyl sites for hydroxylation is 1. The highest BCUT2D eigenvalue weighted by molar-refractivity contribution is 5.99. The van der Waals surface area contributed by atoms with E-state index in [0.717, 1.165) is 25.9 Å². The molecule has 0 saturated carbocycles. The van der Waals surface area contributed by atoms with Crippen molar-refractivity contribution in [2.24, 2.45) is 0 Å². The standard InChI is InChI=1S/C22H24FN3O4.ClH/c1-13-11-17(14-5-7-24-8-6-14)30-22(29)18(13)21(28)26-10-9-25-20(27)19(26)15-3-2-4-16(23)12-15;/h2-4,11-12,14,19,24H,5-10H2,1H3,(H,25,27);1H. The van der Waals surface area contributed by atoms with Crippen LogP contribution in [0.1, 0.15) is 52.0 Å². The Kier molecular flexibility index (Phi) is 7.12. The third-order valence-corrected chi connectivity index (χ3v) is 5.76. The van der Waals surface area contributed by atoms with Crippen molar-refractivity contribution < 1.29 is 18.4 Å². The van der Waals surface area contributed by atoms with Gasteiger partial charge in [-0.2, -0.15) is 0 Å². The maximum atomic E-state index is 13.7. The number of hydrogen-bond donors (Lipinski definition) is 2. The van der Waals surface area contributed by atoms with Gasteiger partial charge in [0.25, 0.3) is 5.91 Å². The van der Waals surface area contributed by atoms with E-state index in [2.05, 4.69) is 10.6 Å². The third-order valence-electron chi connectivity index (χ3n) is 5.76. The van der Waals surface area contributed by atoms with E-state index >= 15 is 0 Å².